The normalized spacial score (nSPS) is 17.3. The zero-order valence-electron chi connectivity index (χ0n) is 7.86. The Kier molecular flexibility index (Phi) is 2.75. The smallest absolute Gasteiger partial charge is 0.323 e. The van der Waals surface area contributed by atoms with Gasteiger partial charge in [0.2, 0.25) is 0 Å². The van der Waals surface area contributed by atoms with Gasteiger partial charge in [-0.25, -0.2) is 4.79 Å². The quantitative estimate of drug-likeness (QED) is 0.685. The predicted molar refractivity (Wildman–Crippen MR) is 46.4 cm³/mol. The SMILES string of the molecule is CC(C)N1CCN(CC(=O)O)C1=O. The average molecular weight is 186 g/mol. The molecule has 1 heterocycles. The van der Waals surface area contributed by atoms with Gasteiger partial charge in [0.25, 0.3) is 0 Å². The van der Waals surface area contributed by atoms with Crippen molar-refractivity contribution in [3.8, 4) is 0 Å². The van der Waals surface area contributed by atoms with Gasteiger partial charge in [-0.3, -0.25) is 4.79 Å². The Hall–Kier alpha value is -1.26. The van der Waals surface area contributed by atoms with Gasteiger partial charge in [-0.1, -0.05) is 0 Å². The molecule has 0 spiro atoms. The van der Waals surface area contributed by atoms with Crippen molar-refractivity contribution in [1.82, 2.24) is 9.80 Å². The van der Waals surface area contributed by atoms with Gasteiger partial charge in [0.1, 0.15) is 6.54 Å². The molecular weight excluding hydrogens is 172 g/mol. The van der Waals surface area contributed by atoms with Gasteiger partial charge < -0.3 is 14.9 Å². The maximum absolute atomic E-state index is 11.5. The molecule has 0 radical (unpaired) electrons. The first-order valence-corrected chi connectivity index (χ1v) is 4.29. The molecule has 1 aliphatic heterocycles. The predicted octanol–water partition coefficient (Wildman–Crippen LogP) is 0.217. The van der Waals surface area contributed by atoms with Gasteiger partial charge in [0.15, 0.2) is 0 Å². The Morgan fingerprint density at radius 1 is 1.54 bits per heavy atom. The fraction of sp³-hybridized carbons (Fsp3) is 0.750. The van der Waals surface area contributed by atoms with Crippen molar-refractivity contribution in [1.29, 1.82) is 0 Å². The summed E-state index contributed by atoms with van der Waals surface area (Å²) in [6.07, 6.45) is 0. The van der Waals surface area contributed by atoms with Crippen LogP contribution in [0.1, 0.15) is 13.8 Å². The molecule has 0 aromatic heterocycles. The molecule has 0 aromatic carbocycles. The van der Waals surface area contributed by atoms with E-state index in [0.29, 0.717) is 13.1 Å². The summed E-state index contributed by atoms with van der Waals surface area (Å²) in [5, 5.41) is 8.50. The molecule has 2 amide bonds. The van der Waals surface area contributed by atoms with Crippen LogP contribution < -0.4 is 0 Å². The highest BCUT2D eigenvalue weighted by Gasteiger charge is 2.30. The molecule has 13 heavy (non-hydrogen) atoms. The number of amides is 2. The second-order valence-electron chi connectivity index (χ2n) is 3.39. The Bertz CT molecular complexity index is 227. The Labute approximate surface area is 76.9 Å². The summed E-state index contributed by atoms with van der Waals surface area (Å²) in [6, 6.07) is -0.0244. The number of carboxylic acids is 1. The summed E-state index contributed by atoms with van der Waals surface area (Å²) >= 11 is 0. The summed E-state index contributed by atoms with van der Waals surface area (Å²) in [5.74, 6) is -0.959. The second kappa shape index (κ2) is 3.64. The summed E-state index contributed by atoms with van der Waals surface area (Å²) < 4.78 is 0. The van der Waals surface area contributed by atoms with E-state index in [1.807, 2.05) is 13.8 Å². The third-order valence-corrected chi connectivity index (χ3v) is 2.08. The van der Waals surface area contributed by atoms with Gasteiger partial charge in [-0.15, -0.1) is 0 Å². The minimum atomic E-state index is -0.959. The van der Waals surface area contributed by atoms with Crippen LogP contribution in [0.2, 0.25) is 0 Å². The lowest BCUT2D eigenvalue weighted by Gasteiger charge is -2.20. The lowest BCUT2D eigenvalue weighted by Crippen LogP contribution is -2.38. The summed E-state index contributed by atoms with van der Waals surface area (Å²) in [4.78, 5) is 24.9. The summed E-state index contributed by atoms with van der Waals surface area (Å²) in [7, 11) is 0. The molecule has 0 aromatic rings. The Morgan fingerprint density at radius 3 is 2.54 bits per heavy atom. The first kappa shape index (κ1) is 9.83. The topological polar surface area (TPSA) is 60.9 Å². The van der Waals surface area contributed by atoms with Gasteiger partial charge in [0, 0.05) is 19.1 Å². The minimum absolute atomic E-state index is 0.145. The van der Waals surface area contributed by atoms with Crippen LogP contribution in [0.15, 0.2) is 0 Å². The highest BCUT2D eigenvalue weighted by Crippen LogP contribution is 2.11. The number of hydrogen-bond acceptors (Lipinski definition) is 2. The zero-order valence-corrected chi connectivity index (χ0v) is 7.86. The minimum Gasteiger partial charge on any atom is -0.480 e. The van der Waals surface area contributed by atoms with Crippen LogP contribution in [0.5, 0.6) is 0 Å². The largest absolute Gasteiger partial charge is 0.480 e. The lowest BCUT2D eigenvalue weighted by atomic mass is 10.3. The first-order valence-electron chi connectivity index (χ1n) is 4.29. The molecule has 0 saturated carbocycles. The van der Waals surface area contributed by atoms with Crippen molar-refractivity contribution in [2.75, 3.05) is 19.6 Å². The number of carboxylic acid groups (broad SMARTS) is 1. The molecule has 0 unspecified atom stereocenters. The molecule has 5 nitrogen and oxygen atoms in total. The van der Waals surface area contributed by atoms with E-state index in [1.54, 1.807) is 4.90 Å². The molecule has 0 aliphatic carbocycles. The monoisotopic (exact) mass is 186 g/mol. The standard InChI is InChI=1S/C8H14N2O3/c1-6(2)10-4-3-9(8(10)13)5-7(11)12/h6H,3-5H2,1-2H3,(H,11,12). The van der Waals surface area contributed by atoms with Crippen molar-refractivity contribution >= 4 is 12.0 Å². The van der Waals surface area contributed by atoms with E-state index in [9.17, 15) is 9.59 Å². The molecule has 1 fully saturated rings. The number of carbonyl (C=O) groups excluding carboxylic acids is 1. The Balaban J connectivity index is 2.55. The van der Waals surface area contributed by atoms with Crippen LogP contribution in [0.4, 0.5) is 4.79 Å². The van der Waals surface area contributed by atoms with Crippen molar-refractivity contribution in [3.05, 3.63) is 0 Å². The third-order valence-electron chi connectivity index (χ3n) is 2.08. The number of rotatable bonds is 3. The first-order chi connectivity index (χ1) is 6.02. The fourth-order valence-corrected chi connectivity index (χ4v) is 1.39. The second-order valence-corrected chi connectivity index (χ2v) is 3.39. The van der Waals surface area contributed by atoms with Gasteiger partial charge in [0.05, 0.1) is 0 Å². The molecular formula is C8H14N2O3. The fourth-order valence-electron chi connectivity index (χ4n) is 1.39. The van der Waals surface area contributed by atoms with E-state index in [1.165, 1.54) is 4.90 Å². The highest BCUT2D eigenvalue weighted by molar-refractivity contribution is 5.81. The number of aliphatic carboxylic acids is 1. The maximum Gasteiger partial charge on any atom is 0.323 e. The van der Waals surface area contributed by atoms with Crippen molar-refractivity contribution < 1.29 is 14.7 Å². The third kappa shape index (κ3) is 2.11. The van der Waals surface area contributed by atoms with Crippen LogP contribution in [-0.4, -0.2) is 52.6 Å². The van der Waals surface area contributed by atoms with Crippen LogP contribution in [0, 0.1) is 0 Å². The molecule has 1 saturated heterocycles. The summed E-state index contributed by atoms with van der Waals surface area (Å²) in [6.45, 7) is 4.79. The summed E-state index contributed by atoms with van der Waals surface area (Å²) in [5.41, 5.74) is 0. The van der Waals surface area contributed by atoms with Crippen molar-refractivity contribution in [2.24, 2.45) is 0 Å². The molecule has 0 atom stereocenters. The van der Waals surface area contributed by atoms with Crippen LogP contribution in [0.3, 0.4) is 0 Å². The number of hydrogen-bond donors (Lipinski definition) is 1. The van der Waals surface area contributed by atoms with Crippen molar-refractivity contribution in [2.45, 2.75) is 19.9 Å². The van der Waals surface area contributed by atoms with Crippen LogP contribution in [0.25, 0.3) is 0 Å². The molecule has 1 rings (SSSR count). The molecule has 5 heteroatoms. The highest BCUT2D eigenvalue weighted by atomic mass is 16.4. The average Bonchev–Trinajstić information content (AvgIpc) is 2.32. The van der Waals surface area contributed by atoms with Crippen molar-refractivity contribution in [3.63, 3.8) is 0 Å². The van der Waals surface area contributed by atoms with E-state index in [4.69, 9.17) is 5.11 Å². The molecule has 74 valence electrons. The lowest BCUT2D eigenvalue weighted by molar-refractivity contribution is -0.137. The maximum atomic E-state index is 11.5. The molecule has 1 aliphatic rings. The molecule has 0 bridgehead atoms. The Morgan fingerprint density at radius 2 is 2.15 bits per heavy atom. The molecule has 1 N–H and O–H groups in total. The number of urea groups is 1. The number of carbonyl (C=O) groups is 2. The van der Waals surface area contributed by atoms with Gasteiger partial charge >= 0.3 is 12.0 Å². The van der Waals surface area contributed by atoms with E-state index in [0.717, 1.165) is 0 Å². The van der Waals surface area contributed by atoms with E-state index in [2.05, 4.69) is 0 Å². The van der Waals surface area contributed by atoms with E-state index < -0.39 is 5.97 Å². The van der Waals surface area contributed by atoms with Crippen LogP contribution >= 0.6 is 0 Å². The van der Waals surface area contributed by atoms with E-state index >= 15 is 0 Å². The number of nitrogens with zero attached hydrogens (tertiary/aromatic N) is 2. The van der Waals surface area contributed by atoms with Crippen LogP contribution in [-0.2, 0) is 4.79 Å². The van der Waals surface area contributed by atoms with Gasteiger partial charge in [-0.2, -0.15) is 0 Å². The zero-order chi connectivity index (χ0) is 10.0. The van der Waals surface area contributed by atoms with Gasteiger partial charge in [-0.05, 0) is 13.8 Å². The van der Waals surface area contributed by atoms with E-state index in [-0.39, 0.29) is 18.6 Å².